The molecule has 2 N–H and O–H groups in total. The summed E-state index contributed by atoms with van der Waals surface area (Å²) in [4.78, 5) is 35.7. The lowest BCUT2D eigenvalue weighted by Crippen LogP contribution is -2.27. The van der Waals surface area contributed by atoms with E-state index in [2.05, 4.69) is 20.3 Å². The third kappa shape index (κ3) is 3.19. The molecule has 1 aliphatic heterocycles. The van der Waals surface area contributed by atoms with Gasteiger partial charge in [0.25, 0.3) is 5.91 Å². The van der Waals surface area contributed by atoms with Gasteiger partial charge >= 0.3 is 0 Å². The lowest BCUT2D eigenvalue weighted by Gasteiger charge is -2.17. The van der Waals surface area contributed by atoms with E-state index < -0.39 is 0 Å². The number of aromatic amines is 1. The lowest BCUT2D eigenvalue weighted by molar-refractivity contribution is -0.119. The molecule has 0 radical (unpaired) electrons. The predicted octanol–water partition coefficient (Wildman–Crippen LogP) is 3.01. The van der Waals surface area contributed by atoms with Crippen molar-refractivity contribution in [1.29, 1.82) is 0 Å². The van der Waals surface area contributed by atoms with Gasteiger partial charge in [-0.25, -0.2) is 4.99 Å². The summed E-state index contributed by atoms with van der Waals surface area (Å²) in [6, 6.07) is 7.67. The minimum absolute atomic E-state index is 0.137. The molecule has 0 saturated heterocycles. The van der Waals surface area contributed by atoms with Gasteiger partial charge in [-0.05, 0) is 29.7 Å². The fourth-order valence-electron chi connectivity index (χ4n) is 2.90. The van der Waals surface area contributed by atoms with Crippen molar-refractivity contribution in [3.8, 4) is 0 Å². The van der Waals surface area contributed by atoms with E-state index in [9.17, 15) is 9.59 Å². The van der Waals surface area contributed by atoms with Crippen LogP contribution in [0.4, 0.5) is 5.69 Å². The Bertz CT molecular complexity index is 978. The second kappa shape index (κ2) is 6.32. The summed E-state index contributed by atoms with van der Waals surface area (Å²) < 4.78 is 0. The molecule has 1 aliphatic carbocycles. The first kappa shape index (κ1) is 15.3. The number of carbonyl (C=O) groups excluding carboxylic acids is 2. The van der Waals surface area contributed by atoms with Crippen molar-refractivity contribution in [1.82, 2.24) is 4.98 Å². The second-order valence-corrected chi connectivity index (χ2v) is 5.95. The molecule has 2 heterocycles. The Morgan fingerprint density at radius 2 is 2.12 bits per heavy atom. The number of anilines is 1. The van der Waals surface area contributed by atoms with Crippen molar-refractivity contribution in [2.75, 3.05) is 5.32 Å². The fraction of sp³-hybridized carbons (Fsp3) is 0.158. The highest BCUT2D eigenvalue weighted by atomic mass is 16.2. The van der Waals surface area contributed by atoms with Crippen molar-refractivity contribution in [2.45, 2.75) is 12.8 Å². The van der Waals surface area contributed by atoms with Gasteiger partial charge in [-0.3, -0.25) is 9.59 Å². The van der Waals surface area contributed by atoms with Crippen LogP contribution in [-0.4, -0.2) is 28.3 Å². The largest absolute Gasteiger partial charge is 0.361 e. The van der Waals surface area contributed by atoms with Crippen LogP contribution in [0, 0.1) is 5.92 Å². The predicted molar refractivity (Wildman–Crippen MR) is 97.8 cm³/mol. The first-order valence-corrected chi connectivity index (χ1v) is 8.11. The van der Waals surface area contributed by atoms with Crippen LogP contribution < -0.4 is 5.32 Å². The summed E-state index contributed by atoms with van der Waals surface area (Å²) >= 11 is 0. The van der Waals surface area contributed by atoms with Crippen LogP contribution in [0.5, 0.6) is 0 Å². The number of carbonyl (C=O) groups is 2. The van der Waals surface area contributed by atoms with Gasteiger partial charge in [0.05, 0.1) is 5.71 Å². The van der Waals surface area contributed by atoms with E-state index in [0.717, 1.165) is 16.6 Å². The highest BCUT2D eigenvalue weighted by Gasteiger charge is 2.26. The van der Waals surface area contributed by atoms with E-state index in [-0.39, 0.29) is 24.2 Å². The Hall–Kier alpha value is -3.28. The molecule has 1 atom stereocenters. The smallest absolute Gasteiger partial charge is 0.260 e. The van der Waals surface area contributed by atoms with Crippen molar-refractivity contribution < 1.29 is 9.59 Å². The van der Waals surface area contributed by atoms with E-state index in [0.29, 0.717) is 18.0 Å². The number of benzene rings is 1. The zero-order chi connectivity index (χ0) is 17.2. The number of amides is 2. The molecule has 6 nitrogen and oxygen atoms in total. The zero-order valence-electron chi connectivity index (χ0n) is 13.4. The lowest BCUT2D eigenvalue weighted by atomic mass is 9.96. The summed E-state index contributed by atoms with van der Waals surface area (Å²) in [5, 5.41) is 3.95. The third-order valence-corrected chi connectivity index (χ3v) is 4.18. The Labute approximate surface area is 144 Å². The summed E-state index contributed by atoms with van der Waals surface area (Å²) in [6.45, 7) is 0. The van der Waals surface area contributed by atoms with Crippen molar-refractivity contribution >= 4 is 40.0 Å². The summed E-state index contributed by atoms with van der Waals surface area (Å²) in [6.07, 6.45) is 9.65. The fourth-order valence-corrected chi connectivity index (χ4v) is 2.90. The van der Waals surface area contributed by atoms with Crippen LogP contribution in [-0.2, 0) is 9.59 Å². The maximum absolute atomic E-state index is 12.2. The van der Waals surface area contributed by atoms with E-state index >= 15 is 0 Å². The number of allylic oxidation sites excluding steroid dienone is 3. The third-order valence-electron chi connectivity index (χ3n) is 4.18. The zero-order valence-corrected chi connectivity index (χ0v) is 13.4. The molecular weight excluding hydrogens is 316 g/mol. The number of rotatable bonds is 4. The molecule has 6 heteroatoms. The Morgan fingerprint density at radius 1 is 1.20 bits per heavy atom. The van der Waals surface area contributed by atoms with Crippen LogP contribution in [0.15, 0.2) is 64.8 Å². The highest BCUT2D eigenvalue weighted by molar-refractivity contribution is 6.21. The van der Waals surface area contributed by atoms with E-state index in [1.54, 1.807) is 6.08 Å². The Kier molecular flexibility index (Phi) is 3.85. The van der Waals surface area contributed by atoms with Gasteiger partial charge in [0.15, 0.2) is 0 Å². The monoisotopic (exact) mass is 332 g/mol. The average molecular weight is 332 g/mol. The second-order valence-electron chi connectivity index (χ2n) is 5.95. The molecule has 124 valence electrons. The molecule has 25 heavy (non-hydrogen) atoms. The maximum Gasteiger partial charge on any atom is 0.260 e. The van der Waals surface area contributed by atoms with Gasteiger partial charge in [-0.1, -0.05) is 24.3 Å². The number of nitrogens with one attached hydrogen (secondary N) is 2. The van der Waals surface area contributed by atoms with Crippen LogP contribution in [0.25, 0.3) is 10.9 Å². The molecular formula is C19H16N4O2. The average Bonchev–Trinajstić information content (AvgIpc) is 3.08. The van der Waals surface area contributed by atoms with Crippen molar-refractivity contribution in [3.63, 3.8) is 0 Å². The topological polar surface area (TPSA) is 86.7 Å². The molecule has 1 unspecified atom stereocenters. The standard InChI is InChI=1S/C19H16N4O2/c24-18(21-13-6-5-12-9-10-20-16(12)11-13)8-7-17-22-15-4-2-1-3-14(15)19(25)23-17/h1-6,9-11,14,20H,7-8H2,(H,21,24). The van der Waals surface area contributed by atoms with E-state index in [1.165, 1.54) is 0 Å². The quantitative estimate of drug-likeness (QED) is 0.901. The minimum atomic E-state index is -0.380. The van der Waals surface area contributed by atoms with Crippen LogP contribution >= 0.6 is 0 Å². The maximum atomic E-state index is 12.2. The van der Waals surface area contributed by atoms with Gasteiger partial charge in [0.1, 0.15) is 11.8 Å². The normalized spacial score (nSPS) is 18.7. The van der Waals surface area contributed by atoms with Gasteiger partial charge in [0, 0.05) is 30.2 Å². The van der Waals surface area contributed by atoms with Crippen LogP contribution in [0.2, 0.25) is 0 Å². The number of nitrogens with zero attached hydrogens (tertiary/aromatic N) is 2. The highest BCUT2D eigenvalue weighted by Crippen LogP contribution is 2.19. The van der Waals surface area contributed by atoms with Crippen molar-refractivity contribution in [3.05, 3.63) is 54.8 Å². The molecule has 0 saturated carbocycles. The SMILES string of the molecule is O=C(CCC1=NC(=O)C2C=CC=CC2=N1)Nc1ccc2cc[nH]c2c1. The van der Waals surface area contributed by atoms with Gasteiger partial charge < -0.3 is 10.3 Å². The number of H-pyrrole nitrogens is 1. The summed E-state index contributed by atoms with van der Waals surface area (Å²) in [7, 11) is 0. The molecule has 0 spiro atoms. The summed E-state index contributed by atoms with van der Waals surface area (Å²) in [5.41, 5.74) is 2.39. The van der Waals surface area contributed by atoms with E-state index in [4.69, 9.17) is 0 Å². The molecule has 1 aromatic carbocycles. The number of aliphatic imine (C=N–C) groups is 2. The number of aromatic nitrogens is 1. The van der Waals surface area contributed by atoms with Crippen molar-refractivity contribution in [2.24, 2.45) is 15.9 Å². The number of hydrogen-bond acceptors (Lipinski definition) is 3. The van der Waals surface area contributed by atoms with Crippen LogP contribution in [0.3, 0.4) is 0 Å². The first-order chi connectivity index (χ1) is 12.2. The minimum Gasteiger partial charge on any atom is -0.361 e. The van der Waals surface area contributed by atoms with Gasteiger partial charge in [-0.2, -0.15) is 4.99 Å². The molecule has 2 amide bonds. The van der Waals surface area contributed by atoms with Crippen LogP contribution in [0.1, 0.15) is 12.8 Å². The Balaban J connectivity index is 1.38. The van der Waals surface area contributed by atoms with E-state index in [1.807, 2.05) is 48.7 Å². The number of fused-ring (bicyclic) bond motifs is 2. The summed E-state index contributed by atoms with van der Waals surface area (Å²) in [5.74, 6) is -0.332. The molecule has 2 aliphatic rings. The first-order valence-electron chi connectivity index (χ1n) is 8.11. The number of amidine groups is 1. The molecule has 0 bridgehead atoms. The van der Waals surface area contributed by atoms with Gasteiger partial charge in [-0.15, -0.1) is 0 Å². The number of hydrogen-bond donors (Lipinski definition) is 2. The molecule has 4 rings (SSSR count). The molecule has 2 aromatic rings. The van der Waals surface area contributed by atoms with Gasteiger partial charge in [0.2, 0.25) is 5.91 Å². The molecule has 0 fully saturated rings. The Morgan fingerprint density at radius 3 is 3.04 bits per heavy atom. The molecule has 1 aromatic heterocycles.